The summed E-state index contributed by atoms with van der Waals surface area (Å²) in [5.41, 5.74) is 9.36. The number of esters is 1. The van der Waals surface area contributed by atoms with Crippen LogP contribution < -0.4 is 10.7 Å². The molecule has 4 fully saturated rings. The fourth-order valence-electron chi connectivity index (χ4n) is 9.65. The third kappa shape index (κ3) is 10.5. The molecule has 358 valence electrons. The lowest BCUT2D eigenvalue weighted by atomic mass is 9.93. The molecule has 1 aromatic carbocycles. The minimum absolute atomic E-state index is 0.0563. The Balaban J connectivity index is 1.25. The smallest absolute Gasteiger partial charge is 0.324 e. The second-order valence-corrected chi connectivity index (χ2v) is 20.3. The first kappa shape index (κ1) is 48.0. The predicted octanol–water partition coefficient (Wildman–Crippen LogP) is 6.24. The third-order valence-electron chi connectivity index (χ3n) is 14.5. The Morgan fingerprint density at radius 2 is 1.89 bits per heavy atom. The number of carbonyl (C=O) groups is 3. The number of aromatic nitrogens is 2. The normalized spacial score (nSPS) is 26.5. The minimum atomic E-state index is -1.08. The number of amides is 2. The average Bonchev–Trinajstić information content (AvgIpc) is 4.09. The van der Waals surface area contributed by atoms with E-state index in [1.54, 1.807) is 7.11 Å². The van der Waals surface area contributed by atoms with E-state index in [1.807, 2.05) is 39.3 Å². The minimum Gasteiger partial charge on any atom is -0.464 e. The zero-order valence-electron chi connectivity index (χ0n) is 40.1. The first-order valence-electron chi connectivity index (χ1n) is 24.0. The summed E-state index contributed by atoms with van der Waals surface area (Å²) in [6, 6.07) is 4.65. The Labute approximate surface area is 393 Å². The van der Waals surface area contributed by atoms with Gasteiger partial charge in [-0.3, -0.25) is 24.4 Å². The number of carbonyl (C=O) groups excluding carboxylic acids is 3. The van der Waals surface area contributed by atoms with Gasteiger partial charge in [-0.1, -0.05) is 26.5 Å². The molecule has 5 heterocycles. The standard InChI is InChI=1S/C50H70N8O7S/c1-10-63-45-44(53-46(59)43-32(5)33(43)6)48(60)58-17-11-12-38(54-58)49(61)65-29-50(15-16-50)26-37-36-24-35(40-28-66-47(45)52-40)13-14-41(36)57(22-23-64-30(2)3)42(37)25-39(34(7)62-9)51-27-31(4)56-20-18-55(8)19-21-56/h13-14,24-25,27-28,30,32-34,38,43-45,54H,4,10-12,15-23,26,29H2,1-3,5-9H3,(H,53,59)/b39-25+,51-27?/t32-,33+,34-,38-,43?,44-,45-/m0/s1. The number of hydrogen-bond donors (Lipinski definition) is 2. The highest BCUT2D eigenvalue weighted by Crippen LogP contribution is 2.51. The van der Waals surface area contributed by atoms with Gasteiger partial charge in [-0.15, -0.1) is 11.3 Å². The monoisotopic (exact) mass is 927 g/mol. The Bertz CT molecular complexity index is 2320. The number of aliphatic imine (C=N–C) groups is 1. The van der Waals surface area contributed by atoms with Crippen LogP contribution in [-0.4, -0.2) is 139 Å². The van der Waals surface area contributed by atoms with E-state index >= 15 is 0 Å². The molecule has 1 spiro atoms. The first-order chi connectivity index (χ1) is 31.7. The molecule has 1 unspecified atom stereocenters. The van der Waals surface area contributed by atoms with Crippen molar-refractivity contribution in [1.29, 1.82) is 0 Å². The molecule has 2 N–H and O–H groups in total. The van der Waals surface area contributed by atoms with Gasteiger partial charge in [0.1, 0.15) is 23.2 Å². The lowest BCUT2D eigenvalue weighted by Gasteiger charge is -2.36. The van der Waals surface area contributed by atoms with Crippen molar-refractivity contribution in [1.82, 2.24) is 35.1 Å². The van der Waals surface area contributed by atoms with Crippen molar-refractivity contribution < 1.29 is 33.3 Å². The number of nitrogens with zero attached hydrogens (tertiary/aromatic N) is 6. The molecule has 8 rings (SSSR count). The molecule has 15 nitrogen and oxygen atoms in total. The molecule has 2 saturated heterocycles. The fourth-order valence-corrected chi connectivity index (χ4v) is 10.6. The summed E-state index contributed by atoms with van der Waals surface area (Å²) in [7, 11) is 3.84. The van der Waals surface area contributed by atoms with Gasteiger partial charge in [-0.05, 0) is 102 Å². The van der Waals surface area contributed by atoms with Crippen molar-refractivity contribution in [2.45, 2.75) is 111 Å². The fraction of sp³-hybridized carbons (Fsp3) is 0.620. The van der Waals surface area contributed by atoms with E-state index in [2.05, 4.69) is 76.9 Å². The molecule has 16 heteroatoms. The van der Waals surface area contributed by atoms with Crippen LogP contribution in [0, 0.1) is 23.2 Å². The number of hydrogen-bond acceptors (Lipinski definition) is 13. The summed E-state index contributed by atoms with van der Waals surface area (Å²) in [5, 5.41) is 8.22. The highest BCUT2D eigenvalue weighted by Gasteiger charge is 2.50. The summed E-state index contributed by atoms with van der Waals surface area (Å²) in [5.74, 6) is -0.725. The summed E-state index contributed by atoms with van der Waals surface area (Å²) < 4.78 is 27.1. The van der Waals surface area contributed by atoms with E-state index < -0.39 is 24.2 Å². The van der Waals surface area contributed by atoms with Gasteiger partial charge >= 0.3 is 5.97 Å². The van der Waals surface area contributed by atoms with Gasteiger partial charge in [0.05, 0.1) is 36.8 Å². The number of benzene rings is 1. The van der Waals surface area contributed by atoms with Crippen LogP contribution in [0.2, 0.25) is 0 Å². The van der Waals surface area contributed by atoms with Crippen molar-refractivity contribution in [3.05, 3.63) is 57.8 Å². The van der Waals surface area contributed by atoms with E-state index in [1.165, 1.54) is 16.3 Å². The van der Waals surface area contributed by atoms with Crippen LogP contribution in [0.3, 0.4) is 0 Å². The van der Waals surface area contributed by atoms with Gasteiger partial charge in [0.2, 0.25) is 5.91 Å². The molecule has 3 aliphatic heterocycles. The lowest BCUT2D eigenvalue weighted by Crippen LogP contribution is -2.61. The van der Waals surface area contributed by atoms with Gasteiger partial charge < -0.3 is 38.6 Å². The van der Waals surface area contributed by atoms with Gasteiger partial charge in [0.25, 0.3) is 5.91 Å². The van der Waals surface area contributed by atoms with Crippen LogP contribution in [0.4, 0.5) is 0 Å². The molecule has 7 atom stereocenters. The van der Waals surface area contributed by atoms with E-state index in [9.17, 15) is 14.4 Å². The van der Waals surface area contributed by atoms with Crippen LogP contribution >= 0.6 is 11.3 Å². The zero-order valence-corrected chi connectivity index (χ0v) is 41.0. The second kappa shape index (κ2) is 20.4. The Hall–Kier alpha value is -4.45. The number of piperazine rings is 1. The van der Waals surface area contributed by atoms with Crippen LogP contribution in [0.25, 0.3) is 28.2 Å². The number of thiazole rings is 1. The molecule has 2 aromatic heterocycles. The molecule has 2 aliphatic carbocycles. The van der Waals surface area contributed by atoms with Crippen LogP contribution in [0.5, 0.6) is 0 Å². The molecule has 2 amide bonds. The number of rotatable bonds is 14. The quantitative estimate of drug-likeness (QED) is 0.140. The second-order valence-electron chi connectivity index (χ2n) is 19.4. The highest BCUT2D eigenvalue weighted by atomic mass is 32.1. The average molecular weight is 927 g/mol. The van der Waals surface area contributed by atoms with E-state index in [0.29, 0.717) is 44.0 Å². The van der Waals surface area contributed by atoms with Crippen LogP contribution in [0.1, 0.15) is 89.6 Å². The summed E-state index contributed by atoms with van der Waals surface area (Å²) in [4.78, 5) is 57.3. The third-order valence-corrected chi connectivity index (χ3v) is 15.4. The SMILES string of the molecule is C=C(C=N/C(=C/c1c2c3cc(ccc3n1CCOC(C)C)-c1csc(n1)[C@@H](OCC)[C@H](NC(=O)C1[C@@H](C)[C@H]1C)C(=O)N1CCC[C@H](N1)C(=O)OCC1(CC1)C2)[C@H](C)OC)N1CCN(C)CC1. The number of likely N-dealkylation sites (N-methyl/N-ethyl adjacent to an activating group) is 1. The van der Waals surface area contributed by atoms with Gasteiger partial charge in [0, 0.05) is 104 Å². The number of fused-ring (bicyclic) bond motifs is 6. The number of nitrogens with one attached hydrogen (secondary N) is 2. The maximum absolute atomic E-state index is 14.7. The molecule has 6 bridgehead atoms. The Morgan fingerprint density at radius 3 is 2.58 bits per heavy atom. The molecular weight excluding hydrogens is 857 g/mol. The summed E-state index contributed by atoms with van der Waals surface area (Å²) in [6.07, 6.45) is 6.43. The van der Waals surface area contributed by atoms with E-state index in [0.717, 1.165) is 83.8 Å². The first-order valence-corrected chi connectivity index (χ1v) is 24.9. The Morgan fingerprint density at radius 1 is 1.14 bits per heavy atom. The Kier molecular flexibility index (Phi) is 14.9. The molecule has 3 aromatic rings. The van der Waals surface area contributed by atoms with Crippen molar-refractivity contribution >= 4 is 52.3 Å². The number of ether oxygens (including phenoxy) is 4. The van der Waals surface area contributed by atoms with Crippen LogP contribution in [-0.2, 0) is 46.3 Å². The molecule has 5 aliphatic rings. The van der Waals surface area contributed by atoms with Gasteiger partial charge in [0.15, 0.2) is 0 Å². The van der Waals surface area contributed by atoms with Crippen molar-refractivity contribution in [2.24, 2.45) is 28.2 Å². The molecule has 2 saturated carbocycles. The van der Waals surface area contributed by atoms with Gasteiger partial charge in [-0.2, -0.15) is 0 Å². The zero-order chi connectivity index (χ0) is 46.9. The maximum atomic E-state index is 14.7. The van der Waals surface area contributed by atoms with E-state index in [-0.39, 0.29) is 60.4 Å². The highest BCUT2D eigenvalue weighted by molar-refractivity contribution is 7.10. The van der Waals surface area contributed by atoms with Crippen molar-refractivity contribution in [2.75, 3.05) is 66.7 Å². The van der Waals surface area contributed by atoms with Crippen molar-refractivity contribution in [3.63, 3.8) is 0 Å². The van der Waals surface area contributed by atoms with E-state index in [4.69, 9.17) is 28.9 Å². The maximum Gasteiger partial charge on any atom is 0.324 e. The number of allylic oxidation sites excluding steroid dienone is 1. The number of methoxy groups -OCH3 is 1. The van der Waals surface area contributed by atoms with Gasteiger partial charge in [-0.25, -0.2) is 10.4 Å². The number of hydrazine groups is 1. The summed E-state index contributed by atoms with van der Waals surface area (Å²) in [6.45, 7) is 22.2. The van der Waals surface area contributed by atoms with Crippen molar-refractivity contribution in [3.8, 4) is 11.3 Å². The molecular formula is C50H70N8O7S. The molecule has 0 radical (unpaired) electrons. The lowest BCUT2D eigenvalue weighted by molar-refractivity contribution is -0.156. The molecule has 66 heavy (non-hydrogen) atoms. The number of cyclic esters (lactones) is 1. The largest absolute Gasteiger partial charge is 0.464 e. The predicted molar refractivity (Wildman–Crippen MR) is 258 cm³/mol. The van der Waals surface area contributed by atoms with Crippen LogP contribution in [0.15, 0.2) is 46.5 Å². The topological polar surface area (TPSA) is 152 Å². The summed E-state index contributed by atoms with van der Waals surface area (Å²) >= 11 is 1.41.